The van der Waals surface area contributed by atoms with Crippen LogP contribution >= 0.6 is 0 Å². The predicted molar refractivity (Wildman–Crippen MR) is 58.7 cm³/mol. The molecule has 1 rings (SSSR count). The Labute approximate surface area is 98.0 Å². The Bertz CT molecular complexity index is 362. The van der Waals surface area contributed by atoms with Crippen molar-refractivity contribution in [3.05, 3.63) is 35.9 Å². The predicted octanol–water partition coefficient (Wildman–Crippen LogP) is 3.10. The van der Waals surface area contributed by atoms with Crippen LogP contribution < -0.4 is 0 Å². The molecule has 2 nitrogen and oxygen atoms in total. The van der Waals surface area contributed by atoms with E-state index in [1.165, 1.54) is 12.1 Å². The molecule has 0 bridgehead atoms. The standard InChI is InChI=1S/C12H14F3NO/c1-2-8-16(9-12(13,14)15)11(17)10-6-4-3-5-7-10/h3-7H,2,8-9H2,1H3. The van der Waals surface area contributed by atoms with Crippen LogP contribution in [0.25, 0.3) is 0 Å². The number of hydrogen-bond donors (Lipinski definition) is 0. The molecule has 0 radical (unpaired) electrons. The number of alkyl halides is 3. The summed E-state index contributed by atoms with van der Waals surface area (Å²) in [6.45, 7) is 0.642. The van der Waals surface area contributed by atoms with Crippen LogP contribution in [0.3, 0.4) is 0 Å². The first-order valence-electron chi connectivity index (χ1n) is 5.35. The summed E-state index contributed by atoms with van der Waals surface area (Å²) in [5, 5.41) is 0. The number of carbonyl (C=O) groups is 1. The normalized spacial score (nSPS) is 11.3. The van der Waals surface area contributed by atoms with Crippen LogP contribution in [0.1, 0.15) is 23.7 Å². The van der Waals surface area contributed by atoms with Crippen LogP contribution in [0.5, 0.6) is 0 Å². The van der Waals surface area contributed by atoms with Crippen LogP contribution in [-0.4, -0.2) is 30.1 Å². The van der Waals surface area contributed by atoms with Gasteiger partial charge in [-0.15, -0.1) is 0 Å². The van der Waals surface area contributed by atoms with Gasteiger partial charge in [0.1, 0.15) is 6.54 Å². The highest BCUT2D eigenvalue weighted by molar-refractivity contribution is 5.94. The molecule has 1 aromatic rings. The van der Waals surface area contributed by atoms with E-state index < -0.39 is 18.6 Å². The smallest absolute Gasteiger partial charge is 0.330 e. The Morgan fingerprint density at radius 2 is 1.82 bits per heavy atom. The minimum atomic E-state index is -4.36. The molecule has 0 N–H and O–H groups in total. The summed E-state index contributed by atoms with van der Waals surface area (Å²) in [5.74, 6) is -0.579. The third kappa shape index (κ3) is 4.46. The molecule has 0 heterocycles. The highest BCUT2D eigenvalue weighted by Crippen LogP contribution is 2.18. The van der Waals surface area contributed by atoms with Crippen LogP contribution in [0, 0.1) is 0 Å². The fraction of sp³-hybridized carbons (Fsp3) is 0.417. The topological polar surface area (TPSA) is 20.3 Å². The first kappa shape index (κ1) is 13.5. The Morgan fingerprint density at radius 1 is 1.24 bits per heavy atom. The lowest BCUT2D eigenvalue weighted by molar-refractivity contribution is -0.140. The molecule has 1 aromatic carbocycles. The van der Waals surface area contributed by atoms with Crippen molar-refractivity contribution in [1.82, 2.24) is 4.90 Å². The summed E-state index contributed by atoms with van der Waals surface area (Å²) in [6.07, 6.45) is -3.87. The van der Waals surface area contributed by atoms with Crippen LogP contribution in [0.15, 0.2) is 30.3 Å². The van der Waals surface area contributed by atoms with Crippen molar-refractivity contribution in [3.63, 3.8) is 0 Å². The third-order valence-electron chi connectivity index (χ3n) is 2.17. The second-order valence-electron chi connectivity index (χ2n) is 3.71. The summed E-state index contributed by atoms with van der Waals surface area (Å²) >= 11 is 0. The Balaban J connectivity index is 2.81. The lowest BCUT2D eigenvalue weighted by Crippen LogP contribution is -2.39. The van der Waals surface area contributed by atoms with Crippen molar-refractivity contribution in [3.8, 4) is 0 Å². The van der Waals surface area contributed by atoms with Gasteiger partial charge in [-0.05, 0) is 18.6 Å². The van der Waals surface area contributed by atoms with Gasteiger partial charge in [0.2, 0.25) is 0 Å². The molecule has 0 unspecified atom stereocenters. The number of amides is 1. The van der Waals surface area contributed by atoms with Crippen molar-refractivity contribution < 1.29 is 18.0 Å². The van der Waals surface area contributed by atoms with Crippen molar-refractivity contribution >= 4 is 5.91 Å². The maximum atomic E-state index is 12.3. The van der Waals surface area contributed by atoms with Gasteiger partial charge in [-0.1, -0.05) is 25.1 Å². The fourth-order valence-electron chi connectivity index (χ4n) is 1.50. The first-order chi connectivity index (χ1) is 7.94. The van der Waals surface area contributed by atoms with Crippen LogP contribution in [0.4, 0.5) is 13.2 Å². The third-order valence-corrected chi connectivity index (χ3v) is 2.17. The zero-order valence-electron chi connectivity index (χ0n) is 9.50. The van der Waals surface area contributed by atoms with E-state index in [0.29, 0.717) is 6.42 Å². The minimum Gasteiger partial charge on any atom is -0.330 e. The van der Waals surface area contributed by atoms with E-state index in [1.807, 2.05) is 0 Å². The summed E-state index contributed by atoms with van der Waals surface area (Å²) in [5.41, 5.74) is 0.283. The average molecular weight is 245 g/mol. The molecule has 5 heteroatoms. The highest BCUT2D eigenvalue weighted by Gasteiger charge is 2.32. The highest BCUT2D eigenvalue weighted by atomic mass is 19.4. The van der Waals surface area contributed by atoms with E-state index in [1.54, 1.807) is 25.1 Å². The monoisotopic (exact) mass is 245 g/mol. The second kappa shape index (κ2) is 5.70. The van der Waals surface area contributed by atoms with Gasteiger partial charge in [0, 0.05) is 12.1 Å². The zero-order chi connectivity index (χ0) is 12.9. The Morgan fingerprint density at radius 3 is 2.29 bits per heavy atom. The van der Waals surface area contributed by atoms with Crippen molar-refractivity contribution in [1.29, 1.82) is 0 Å². The average Bonchev–Trinajstić information content (AvgIpc) is 2.27. The van der Waals surface area contributed by atoms with Crippen LogP contribution in [-0.2, 0) is 0 Å². The van der Waals surface area contributed by atoms with E-state index >= 15 is 0 Å². The van der Waals surface area contributed by atoms with Gasteiger partial charge in [0.15, 0.2) is 0 Å². The number of benzene rings is 1. The van der Waals surface area contributed by atoms with Gasteiger partial charge in [-0.25, -0.2) is 0 Å². The van der Waals surface area contributed by atoms with E-state index in [-0.39, 0.29) is 12.1 Å². The van der Waals surface area contributed by atoms with Gasteiger partial charge in [0.25, 0.3) is 5.91 Å². The van der Waals surface area contributed by atoms with Gasteiger partial charge in [-0.3, -0.25) is 4.79 Å². The molecule has 0 saturated carbocycles. The molecule has 17 heavy (non-hydrogen) atoms. The molecule has 0 aliphatic heterocycles. The lowest BCUT2D eigenvalue weighted by atomic mass is 10.2. The van der Waals surface area contributed by atoms with Crippen LogP contribution in [0.2, 0.25) is 0 Å². The first-order valence-corrected chi connectivity index (χ1v) is 5.35. The zero-order valence-corrected chi connectivity index (χ0v) is 9.50. The molecule has 0 fully saturated rings. The van der Waals surface area contributed by atoms with E-state index in [4.69, 9.17) is 0 Å². The number of halogens is 3. The molecule has 0 atom stereocenters. The lowest BCUT2D eigenvalue weighted by Gasteiger charge is -2.23. The summed E-state index contributed by atoms with van der Waals surface area (Å²) in [7, 11) is 0. The quantitative estimate of drug-likeness (QED) is 0.798. The maximum absolute atomic E-state index is 12.3. The molecule has 94 valence electrons. The second-order valence-corrected chi connectivity index (χ2v) is 3.71. The van der Waals surface area contributed by atoms with E-state index in [2.05, 4.69) is 0 Å². The Hall–Kier alpha value is -1.52. The van der Waals surface area contributed by atoms with E-state index in [0.717, 1.165) is 4.90 Å². The molecule has 0 spiro atoms. The summed E-state index contributed by atoms with van der Waals surface area (Å²) in [6, 6.07) is 8.00. The Kier molecular flexibility index (Phi) is 4.54. The number of nitrogens with zero attached hydrogens (tertiary/aromatic N) is 1. The van der Waals surface area contributed by atoms with Gasteiger partial charge < -0.3 is 4.90 Å². The summed E-state index contributed by atoms with van der Waals surface area (Å²) in [4.78, 5) is 12.7. The molecular weight excluding hydrogens is 231 g/mol. The fourth-order valence-corrected chi connectivity index (χ4v) is 1.50. The molecular formula is C12H14F3NO. The largest absolute Gasteiger partial charge is 0.406 e. The maximum Gasteiger partial charge on any atom is 0.406 e. The van der Waals surface area contributed by atoms with Gasteiger partial charge in [-0.2, -0.15) is 13.2 Å². The van der Waals surface area contributed by atoms with Gasteiger partial charge in [0.05, 0.1) is 0 Å². The summed E-state index contributed by atoms with van der Waals surface area (Å²) < 4.78 is 36.9. The minimum absolute atomic E-state index is 0.104. The van der Waals surface area contributed by atoms with Crippen molar-refractivity contribution in [2.45, 2.75) is 19.5 Å². The van der Waals surface area contributed by atoms with E-state index in [9.17, 15) is 18.0 Å². The van der Waals surface area contributed by atoms with Crippen molar-refractivity contribution in [2.75, 3.05) is 13.1 Å². The molecule has 0 aromatic heterocycles. The SMILES string of the molecule is CCCN(CC(F)(F)F)C(=O)c1ccccc1. The molecule has 0 saturated heterocycles. The molecule has 0 aliphatic rings. The van der Waals surface area contributed by atoms with Gasteiger partial charge >= 0.3 is 6.18 Å². The molecule has 0 aliphatic carbocycles. The molecule has 1 amide bonds. The number of hydrogen-bond acceptors (Lipinski definition) is 1. The van der Waals surface area contributed by atoms with Crippen molar-refractivity contribution in [2.24, 2.45) is 0 Å². The number of carbonyl (C=O) groups excluding carboxylic acids is 1. The number of rotatable bonds is 4.